The van der Waals surface area contributed by atoms with Crippen LogP contribution in [0.2, 0.25) is 0 Å². The van der Waals surface area contributed by atoms with Gasteiger partial charge in [-0.25, -0.2) is 4.39 Å². The van der Waals surface area contributed by atoms with Gasteiger partial charge in [0.15, 0.2) is 0 Å². The van der Waals surface area contributed by atoms with E-state index in [1.54, 1.807) is 0 Å². The first kappa shape index (κ1) is 11.4. The number of rotatable bonds is 3. The summed E-state index contributed by atoms with van der Waals surface area (Å²) in [4.78, 5) is 11.2. The third-order valence-corrected chi connectivity index (χ3v) is 3.01. The van der Waals surface area contributed by atoms with Gasteiger partial charge in [0.05, 0.1) is 19.1 Å². The molecule has 0 bridgehead atoms. The molecule has 0 spiro atoms. The molecule has 1 rings (SSSR count). The summed E-state index contributed by atoms with van der Waals surface area (Å²) < 4.78 is 16.8. The molecule has 1 N–H and O–H groups in total. The first-order valence-electron chi connectivity index (χ1n) is 5.01. The number of methoxy groups -OCH3 is 1. The zero-order valence-corrected chi connectivity index (χ0v) is 8.41. The lowest BCUT2D eigenvalue weighted by atomic mass is 9.79. The quantitative estimate of drug-likeness (QED) is 0.705. The number of ether oxygens (including phenoxy) is 1. The lowest BCUT2D eigenvalue weighted by molar-refractivity contribution is -0.147. The second kappa shape index (κ2) is 5.29. The van der Waals surface area contributed by atoms with Crippen LogP contribution in [0.15, 0.2) is 0 Å². The summed E-state index contributed by atoms with van der Waals surface area (Å²) in [6.07, 6.45) is 1.98. The van der Waals surface area contributed by atoms with Crippen molar-refractivity contribution in [3.63, 3.8) is 0 Å². The standard InChI is InChI=1S/C10H17FO3/c1-14-10(13)8-4-2-7(3-5-8)9(12)6-11/h7-9,12H,2-6H2,1H3. The Hall–Kier alpha value is -0.640. The van der Waals surface area contributed by atoms with Gasteiger partial charge < -0.3 is 9.84 Å². The number of aliphatic hydroxyl groups excluding tert-OH is 1. The van der Waals surface area contributed by atoms with E-state index in [0.717, 1.165) is 0 Å². The number of esters is 1. The molecule has 1 aliphatic carbocycles. The minimum absolute atomic E-state index is 0.0147. The molecule has 0 aromatic rings. The van der Waals surface area contributed by atoms with Gasteiger partial charge in [-0.05, 0) is 31.6 Å². The van der Waals surface area contributed by atoms with Crippen LogP contribution in [0, 0.1) is 11.8 Å². The molecule has 1 fully saturated rings. The molecule has 0 amide bonds. The summed E-state index contributed by atoms with van der Waals surface area (Å²) in [6.45, 7) is -0.687. The van der Waals surface area contributed by atoms with E-state index in [4.69, 9.17) is 0 Å². The predicted octanol–water partition coefficient (Wildman–Crippen LogP) is 1.30. The van der Waals surface area contributed by atoms with Crippen LogP contribution < -0.4 is 0 Å². The highest BCUT2D eigenvalue weighted by Gasteiger charge is 2.30. The van der Waals surface area contributed by atoms with E-state index in [0.29, 0.717) is 25.7 Å². The van der Waals surface area contributed by atoms with Crippen LogP contribution in [0.1, 0.15) is 25.7 Å². The van der Waals surface area contributed by atoms with Gasteiger partial charge in [0.25, 0.3) is 0 Å². The zero-order chi connectivity index (χ0) is 10.6. The van der Waals surface area contributed by atoms with Crippen LogP contribution in [-0.4, -0.2) is 31.0 Å². The predicted molar refractivity (Wildman–Crippen MR) is 49.4 cm³/mol. The lowest BCUT2D eigenvalue weighted by Gasteiger charge is -2.28. The molecule has 0 saturated heterocycles. The summed E-state index contributed by atoms with van der Waals surface area (Å²) >= 11 is 0. The van der Waals surface area contributed by atoms with Gasteiger partial charge in [0.1, 0.15) is 6.67 Å². The maximum Gasteiger partial charge on any atom is 0.308 e. The molecule has 1 saturated carbocycles. The van der Waals surface area contributed by atoms with E-state index in [1.165, 1.54) is 7.11 Å². The summed E-state index contributed by atoms with van der Waals surface area (Å²) in [5.74, 6) is -0.220. The number of carbonyl (C=O) groups is 1. The molecule has 3 nitrogen and oxygen atoms in total. The number of alkyl halides is 1. The van der Waals surface area contributed by atoms with Crippen molar-refractivity contribution < 1.29 is 19.0 Å². The van der Waals surface area contributed by atoms with Crippen molar-refractivity contribution in [1.82, 2.24) is 0 Å². The van der Waals surface area contributed by atoms with Gasteiger partial charge in [0, 0.05) is 0 Å². The lowest BCUT2D eigenvalue weighted by Crippen LogP contribution is -2.30. The van der Waals surface area contributed by atoms with Crippen LogP contribution in [0.5, 0.6) is 0 Å². The normalized spacial score (nSPS) is 29.6. The minimum Gasteiger partial charge on any atom is -0.469 e. The van der Waals surface area contributed by atoms with Gasteiger partial charge in [0.2, 0.25) is 0 Å². The van der Waals surface area contributed by atoms with E-state index in [2.05, 4.69) is 4.74 Å². The molecular weight excluding hydrogens is 187 g/mol. The highest BCUT2D eigenvalue weighted by atomic mass is 19.1. The number of hydrogen-bond donors (Lipinski definition) is 1. The van der Waals surface area contributed by atoms with Crippen molar-refractivity contribution in [2.45, 2.75) is 31.8 Å². The van der Waals surface area contributed by atoms with Gasteiger partial charge in [-0.2, -0.15) is 0 Å². The SMILES string of the molecule is COC(=O)C1CCC(C(O)CF)CC1. The zero-order valence-electron chi connectivity index (χ0n) is 8.41. The fraction of sp³-hybridized carbons (Fsp3) is 0.900. The van der Waals surface area contributed by atoms with Crippen molar-refractivity contribution in [3.05, 3.63) is 0 Å². The molecule has 14 heavy (non-hydrogen) atoms. The fourth-order valence-corrected chi connectivity index (χ4v) is 2.03. The second-order valence-corrected chi connectivity index (χ2v) is 3.86. The molecule has 1 unspecified atom stereocenters. The van der Waals surface area contributed by atoms with Gasteiger partial charge in [-0.15, -0.1) is 0 Å². The van der Waals surface area contributed by atoms with Gasteiger partial charge in [-0.1, -0.05) is 0 Å². The Bertz CT molecular complexity index is 188. The van der Waals surface area contributed by atoms with Crippen molar-refractivity contribution in [1.29, 1.82) is 0 Å². The first-order chi connectivity index (χ1) is 6.69. The Balaban J connectivity index is 2.34. The fourth-order valence-electron chi connectivity index (χ4n) is 2.03. The molecule has 82 valence electrons. The van der Waals surface area contributed by atoms with E-state index in [1.807, 2.05) is 0 Å². The van der Waals surface area contributed by atoms with Crippen LogP contribution in [-0.2, 0) is 9.53 Å². The largest absolute Gasteiger partial charge is 0.469 e. The van der Waals surface area contributed by atoms with E-state index in [-0.39, 0.29) is 17.8 Å². The minimum atomic E-state index is -0.853. The molecule has 0 aromatic heterocycles. The van der Waals surface area contributed by atoms with E-state index < -0.39 is 12.8 Å². The van der Waals surface area contributed by atoms with E-state index in [9.17, 15) is 14.3 Å². The van der Waals surface area contributed by atoms with Crippen LogP contribution in [0.4, 0.5) is 4.39 Å². The molecule has 4 heteroatoms. The maximum atomic E-state index is 12.2. The summed E-state index contributed by atoms with van der Waals surface area (Å²) in [6, 6.07) is 0. The van der Waals surface area contributed by atoms with Crippen molar-refractivity contribution in [3.8, 4) is 0 Å². The molecule has 1 atom stereocenters. The van der Waals surface area contributed by atoms with Crippen molar-refractivity contribution >= 4 is 5.97 Å². The molecule has 0 heterocycles. The topological polar surface area (TPSA) is 46.5 Å². The highest BCUT2D eigenvalue weighted by molar-refractivity contribution is 5.72. The average molecular weight is 204 g/mol. The third kappa shape index (κ3) is 2.67. The summed E-state index contributed by atoms with van der Waals surface area (Å²) in [5, 5.41) is 9.27. The second-order valence-electron chi connectivity index (χ2n) is 3.86. The van der Waals surface area contributed by atoms with Gasteiger partial charge >= 0.3 is 5.97 Å². The average Bonchev–Trinajstić information content (AvgIpc) is 2.27. The van der Waals surface area contributed by atoms with Crippen molar-refractivity contribution in [2.24, 2.45) is 11.8 Å². The number of aliphatic hydroxyl groups is 1. The Morgan fingerprint density at radius 1 is 1.50 bits per heavy atom. The maximum absolute atomic E-state index is 12.2. The Morgan fingerprint density at radius 2 is 2.07 bits per heavy atom. The van der Waals surface area contributed by atoms with Crippen LogP contribution in [0.3, 0.4) is 0 Å². The number of hydrogen-bond acceptors (Lipinski definition) is 3. The monoisotopic (exact) mass is 204 g/mol. The molecular formula is C10H17FO3. The number of halogens is 1. The summed E-state index contributed by atoms with van der Waals surface area (Å²) in [7, 11) is 1.38. The van der Waals surface area contributed by atoms with Crippen LogP contribution in [0.25, 0.3) is 0 Å². The molecule has 0 radical (unpaired) electrons. The molecule has 1 aliphatic rings. The smallest absolute Gasteiger partial charge is 0.308 e. The highest BCUT2D eigenvalue weighted by Crippen LogP contribution is 2.31. The Kier molecular flexibility index (Phi) is 4.32. The number of carbonyl (C=O) groups excluding carboxylic acids is 1. The van der Waals surface area contributed by atoms with Gasteiger partial charge in [-0.3, -0.25) is 4.79 Å². The summed E-state index contributed by atoms with van der Waals surface area (Å²) in [5.41, 5.74) is 0. The Morgan fingerprint density at radius 3 is 2.50 bits per heavy atom. The first-order valence-corrected chi connectivity index (χ1v) is 5.01. The van der Waals surface area contributed by atoms with Crippen LogP contribution >= 0.6 is 0 Å². The molecule has 0 aromatic carbocycles. The Labute approximate surface area is 83.3 Å². The van der Waals surface area contributed by atoms with Crippen molar-refractivity contribution in [2.75, 3.05) is 13.8 Å². The van der Waals surface area contributed by atoms with E-state index >= 15 is 0 Å². The molecule has 0 aliphatic heterocycles. The third-order valence-electron chi connectivity index (χ3n) is 3.01.